The van der Waals surface area contributed by atoms with E-state index in [0.717, 1.165) is 16.8 Å². The maximum absolute atomic E-state index is 13.4. The highest BCUT2D eigenvalue weighted by Crippen LogP contribution is 2.57. The molecule has 1 saturated carbocycles. The van der Waals surface area contributed by atoms with Crippen molar-refractivity contribution in [1.82, 2.24) is 0 Å². The maximum Gasteiger partial charge on any atom is 0.326 e. The summed E-state index contributed by atoms with van der Waals surface area (Å²) in [6, 6.07) is 11.9. The van der Waals surface area contributed by atoms with E-state index >= 15 is 0 Å². The Kier molecular flexibility index (Phi) is 3.72. The Morgan fingerprint density at radius 2 is 2.00 bits per heavy atom. The first-order valence-corrected chi connectivity index (χ1v) is 8.28. The van der Waals surface area contributed by atoms with Crippen molar-refractivity contribution in [1.29, 1.82) is 0 Å². The molecule has 25 heavy (non-hydrogen) atoms. The normalized spacial score (nSPS) is 20.3. The smallest absolute Gasteiger partial charge is 0.326 e. The third-order valence-corrected chi connectivity index (χ3v) is 4.94. The van der Waals surface area contributed by atoms with Gasteiger partial charge in [-0.05, 0) is 35.2 Å². The van der Waals surface area contributed by atoms with Gasteiger partial charge in [0.25, 0.3) is 5.92 Å². The van der Waals surface area contributed by atoms with Crippen molar-refractivity contribution in [2.45, 2.75) is 31.3 Å². The summed E-state index contributed by atoms with van der Waals surface area (Å²) in [6.45, 7) is 0.429. The van der Waals surface area contributed by atoms with E-state index < -0.39 is 11.8 Å². The molecular formula is C19H18F2N2O2. The predicted octanol–water partition coefficient (Wildman–Crippen LogP) is 3.90. The van der Waals surface area contributed by atoms with Crippen molar-refractivity contribution >= 4 is 17.4 Å². The molecule has 2 aromatic carbocycles. The highest BCUT2D eigenvalue weighted by atomic mass is 19.3. The Hall–Kier alpha value is -2.47. The third kappa shape index (κ3) is 2.76. The van der Waals surface area contributed by atoms with Crippen LogP contribution in [0.2, 0.25) is 0 Å². The minimum absolute atomic E-state index is 0.0712. The number of aliphatic hydroxyl groups excluding tert-OH is 1. The molecule has 2 aliphatic rings. The van der Waals surface area contributed by atoms with Gasteiger partial charge in [0.1, 0.15) is 0 Å². The lowest BCUT2D eigenvalue weighted by Crippen LogP contribution is -2.33. The molecule has 4 rings (SSSR count). The third-order valence-electron chi connectivity index (χ3n) is 4.94. The number of alkyl halides is 2. The number of carbonyl (C=O) groups excluding carboxylic acids is 1. The zero-order valence-corrected chi connectivity index (χ0v) is 13.5. The summed E-state index contributed by atoms with van der Waals surface area (Å²) in [4.78, 5) is 14.3. The number of hydrogen-bond donors (Lipinski definition) is 2. The SMILES string of the molecule is O=C(Nc1ccccc1C1CC1(F)F)N1CCc2c(CO)cccc21. The van der Waals surface area contributed by atoms with Crippen LogP contribution in [0.5, 0.6) is 0 Å². The van der Waals surface area contributed by atoms with Crippen molar-refractivity contribution in [3.63, 3.8) is 0 Å². The van der Waals surface area contributed by atoms with Gasteiger partial charge >= 0.3 is 6.03 Å². The lowest BCUT2D eigenvalue weighted by Gasteiger charge is -2.20. The number of rotatable bonds is 3. The second-order valence-corrected chi connectivity index (χ2v) is 6.51. The summed E-state index contributed by atoms with van der Waals surface area (Å²) >= 11 is 0. The fourth-order valence-electron chi connectivity index (χ4n) is 3.51. The van der Waals surface area contributed by atoms with Gasteiger partial charge in [-0.3, -0.25) is 4.90 Å². The quantitative estimate of drug-likeness (QED) is 0.887. The van der Waals surface area contributed by atoms with Gasteiger partial charge in [-0.25, -0.2) is 13.6 Å². The number of aliphatic hydroxyl groups is 1. The van der Waals surface area contributed by atoms with Crippen molar-refractivity contribution in [2.24, 2.45) is 0 Å². The van der Waals surface area contributed by atoms with Crippen LogP contribution < -0.4 is 10.2 Å². The number of nitrogens with one attached hydrogen (secondary N) is 1. The van der Waals surface area contributed by atoms with Gasteiger partial charge in [0.2, 0.25) is 0 Å². The molecule has 1 aliphatic heterocycles. The number of hydrogen-bond acceptors (Lipinski definition) is 2. The van der Waals surface area contributed by atoms with E-state index in [1.165, 1.54) is 0 Å². The fourth-order valence-corrected chi connectivity index (χ4v) is 3.51. The molecule has 1 unspecified atom stereocenters. The van der Waals surface area contributed by atoms with Gasteiger partial charge in [-0.2, -0.15) is 0 Å². The number of para-hydroxylation sites is 1. The molecule has 1 aliphatic carbocycles. The van der Waals surface area contributed by atoms with Gasteiger partial charge in [0.15, 0.2) is 0 Å². The Morgan fingerprint density at radius 3 is 2.72 bits per heavy atom. The minimum atomic E-state index is -2.68. The second-order valence-electron chi connectivity index (χ2n) is 6.51. The van der Waals surface area contributed by atoms with E-state index in [1.807, 2.05) is 12.1 Å². The summed E-state index contributed by atoms with van der Waals surface area (Å²) in [5.74, 6) is -3.51. The summed E-state index contributed by atoms with van der Waals surface area (Å²) in [6.07, 6.45) is 0.494. The van der Waals surface area contributed by atoms with Crippen LogP contribution in [0.15, 0.2) is 42.5 Å². The summed E-state index contributed by atoms with van der Waals surface area (Å²) in [5.41, 5.74) is 3.44. The molecule has 130 valence electrons. The van der Waals surface area contributed by atoms with Gasteiger partial charge in [-0.1, -0.05) is 30.3 Å². The van der Waals surface area contributed by atoms with Gasteiger partial charge < -0.3 is 10.4 Å². The first-order chi connectivity index (χ1) is 12.0. The maximum atomic E-state index is 13.4. The number of fused-ring (bicyclic) bond motifs is 1. The van der Waals surface area contributed by atoms with E-state index in [9.17, 15) is 18.7 Å². The van der Waals surface area contributed by atoms with Crippen LogP contribution in [0, 0.1) is 0 Å². The Bertz CT molecular complexity index is 838. The first kappa shape index (κ1) is 16.0. The predicted molar refractivity (Wildman–Crippen MR) is 91.2 cm³/mol. The monoisotopic (exact) mass is 344 g/mol. The number of nitrogens with zero attached hydrogens (tertiary/aromatic N) is 1. The first-order valence-electron chi connectivity index (χ1n) is 8.28. The van der Waals surface area contributed by atoms with E-state index in [-0.39, 0.29) is 19.1 Å². The zero-order chi connectivity index (χ0) is 17.6. The van der Waals surface area contributed by atoms with Crippen LogP contribution in [-0.2, 0) is 13.0 Å². The Balaban J connectivity index is 1.58. The second kappa shape index (κ2) is 5.81. The molecule has 1 atom stereocenters. The fraction of sp³-hybridized carbons (Fsp3) is 0.316. The molecule has 2 amide bonds. The van der Waals surface area contributed by atoms with E-state index in [4.69, 9.17) is 0 Å². The zero-order valence-electron chi connectivity index (χ0n) is 13.5. The van der Waals surface area contributed by atoms with Crippen LogP contribution >= 0.6 is 0 Å². The molecule has 0 spiro atoms. The van der Waals surface area contributed by atoms with Crippen LogP contribution in [0.4, 0.5) is 25.0 Å². The number of amides is 2. The Labute approximate surface area is 144 Å². The number of carbonyl (C=O) groups is 1. The molecule has 0 bridgehead atoms. The van der Waals surface area contributed by atoms with Crippen LogP contribution in [-0.4, -0.2) is 23.6 Å². The molecule has 0 saturated heterocycles. The topological polar surface area (TPSA) is 52.6 Å². The van der Waals surface area contributed by atoms with Gasteiger partial charge in [-0.15, -0.1) is 0 Å². The van der Waals surface area contributed by atoms with Crippen molar-refractivity contribution in [3.8, 4) is 0 Å². The summed E-state index contributed by atoms with van der Waals surface area (Å²) < 4.78 is 26.9. The molecule has 1 fully saturated rings. The average molecular weight is 344 g/mol. The minimum Gasteiger partial charge on any atom is -0.392 e. The highest BCUT2D eigenvalue weighted by Gasteiger charge is 2.58. The van der Waals surface area contributed by atoms with E-state index in [1.54, 1.807) is 35.2 Å². The van der Waals surface area contributed by atoms with Gasteiger partial charge in [0.05, 0.1) is 12.5 Å². The summed E-state index contributed by atoms with van der Waals surface area (Å²) in [5, 5.41) is 12.2. The standard InChI is InChI=1S/C19H18F2N2O2/c20-19(21)10-15(19)14-5-1-2-6-16(14)22-18(25)23-9-8-13-12(11-24)4-3-7-17(13)23/h1-7,15,24H,8-11H2,(H,22,25). The molecular weight excluding hydrogens is 326 g/mol. The number of urea groups is 1. The molecule has 2 N–H and O–H groups in total. The summed E-state index contributed by atoms with van der Waals surface area (Å²) in [7, 11) is 0. The van der Waals surface area contributed by atoms with Gasteiger partial charge in [0, 0.05) is 24.3 Å². The number of halogens is 2. The van der Waals surface area contributed by atoms with E-state index in [0.29, 0.717) is 24.2 Å². The molecule has 4 nitrogen and oxygen atoms in total. The number of benzene rings is 2. The van der Waals surface area contributed by atoms with Crippen LogP contribution in [0.1, 0.15) is 29.0 Å². The number of anilines is 2. The highest BCUT2D eigenvalue weighted by molar-refractivity contribution is 6.03. The molecule has 0 aromatic heterocycles. The molecule has 0 radical (unpaired) electrons. The van der Waals surface area contributed by atoms with Crippen molar-refractivity contribution in [3.05, 3.63) is 59.2 Å². The lowest BCUT2D eigenvalue weighted by atomic mass is 10.1. The largest absolute Gasteiger partial charge is 0.392 e. The Morgan fingerprint density at radius 1 is 1.24 bits per heavy atom. The lowest BCUT2D eigenvalue weighted by molar-refractivity contribution is 0.112. The molecule has 2 aromatic rings. The molecule has 1 heterocycles. The van der Waals surface area contributed by atoms with Crippen LogP contribution in [0.3, 0.4) is 0 Å². The average Bonchev–Trinajstić information content (AvgIpc) is 3.04. The van der Waals surface area contributed by atoms with E-state index in [2.05, 4.69) is 5.32 Å². The van der Waals surface area contributed by atoms with Crippen molar-refractivity contribution < 1.29 is 18.7 Å². The van der Waals surface area contributed by atoms with Crippen LogP contribution in [0.25, 0.3) is 0 Å². The van der Waals surface area contributed by atoms with Crippen molar-refractivity contribution in [2.75, 3.05) is 16.8 Å². The molecule has 6 heteroatoms.